The van der Waals surface area contributed by atoms with Gasteiger partial charge >= 0.3 is 6.18 Å². The highest BCUT2D eigenvalue weighted by atomic mass is 19.4. The minimum absolute atomic E-state index is 0.156. The topological polar surface area (TPSA) is 17.1 Å². The summed E-state index contributed by atoms with van der Waals surface area (Å²) in [5.74, 6) is 0.668. The van der Waals surface area contributed by atoms with Crippen molar-refractivity contribution in [2.45, 2.75) is 25.4 Å². The highest BCUT2D eigenvalue weighted by Crippen LogP contribution is 2.55. The van der Waals surface area contributed by atoms with E-state index in [1.807, 2.05) is 0 Å². The maximum atomic E-state index is 12.8. The Morgan fingerprint density at radius 3 is 2.28 bits per heavy atom. The van der Waals surface area contributed by atoms with Crippen molar-refractivity contribution < 1.29 is 18.0 Å². The molecule has 2 unspecified atom stereocenters. The van der Waals surface area contributed by atoms with Crippen LogP contribution in [0.4, 0.5) is 13.2 Å². The van der Waals surface area contributed by atoms with Gasteiger partial charge in [0.15, 0.2) is 5.78 Å². The monoisotopic (exact) mass is 254 g/mol. The van der Waals surface area contributed by atoms with Gasteiger partial charge in [0, 0.05) is 11.5 Å². The van der Waals surface area contributed by atoms with Crippen molar-refractivity contribution in [1.29, 1.82) is 0 Å². The number of hydrogen-bond donors (Lipinski definition) is 0. The van der Waals surface area contributed by atoms with E-state index in [1.165, 1.54) is 18.2 Å². The van der Waals surface area contributed by atoms with Crippen LogP contribution in [0.15, 0.2) is 24.3 Å². The quantitative estimate of drug-likeness (QED) is 0.731. The van der Waals surface area contributed by atoms with E-state index in [0.717, 1.165) is 25.3 Å². The predicted octanol–water partition coefficient (Wildman–Crippen LogP) is 3.93. The molecule has 0 saturated heterocycles. The van der Waals surface area contributed by atoms with Gasteiger partial charge in [-0.2, -0.15) is 13.2 Å². The summed E-state index contributed by atoms with van der Waals surface area (Å²) < 4.78 is 38.5. The fourth-order valence-electron chi connectivity index (χ4n) is 3.09. The van der Waals surface area contributed by atoms with E-state index in [2.05, 4.69) is 0 Å². The molecule has 1 aromatic rings. The highest BCUT2D eigenvalue weighted by Gasteiger charge is 2.48. The van der Waals surface area contributed by atoms with Gasteiger partial charge < -0.3 is 0 Å². The van der Waals surface area contributed by atoms with Gasteiger partial charge in [-0.1, -0.05) is 18.2 Å². The van der Waals surface area contributed by atoms with Gasteiger partial charge in [-0.05, 0) is 37.2 Å². The van der Waals surface area contributed by atoms with Crippen LogP contribution in [-0.4, -0.2) is 5.78 Å². The summed E-state index contributed by atoms with van der Waals surface area (Å²) in [6.07, 6.45) is -1.75. The maximum absolute atomic E-state index is 12.8. The van der Waals surface area contributed by atoms with Gasteiger partial charge in [-0.15, -0.1) is 0 Å². The molecular weight excluding hydrogens is 241 g/mol. The van der Waals surface area contributed by atoms with E-state index in [1.54, 1.807) is 0 Å². The molecule has 0 aliphatic heterocycles. The van der Waals surface area contributed by atoms with Crippen LogP contribution in [0.5, 0.6) is 0 Å². The molecule has 0 amide bonds. The van der Waals surface area contributed by atoms with Gasteiger partial charge in [0.05, 0.1) is 5.56 Å². The number of fused-ring (bicyclic) bond motifs is 1. The number of carbonyl (C=O) groups is 1. The van der Waals surface area contributed by atoms with Gasteiger partial charge in [0.25, 0.3) is 0 Å². The fraction of sp³-hybridized carbons (Fsp3) is 0.500. The lowest BCUT2D eigenvalue weighted by Crippen LogP contribution is -2.18. The van der Waals surface area contributed by atoms with E-state index < -0.39 is 11.7 Å². The molecule has 0 bridgehead atoms. The first-order valence-corrected chi connectivity index (χ1v) is 6.17. The fourth-order valence-corrected chi connectivity index (χ4v) is 3.09. The molecule has 0 N–H and O–H groups in total. The molecule has 0 spiro atoms. The number of alkyl halides is 3. The minimum Gasteiger partial charge on any atom is -0.294 e. The van der Waals surface area contributed by atoms with Crippen molar-refractivity contribution in [1.82, 2.24) is 0 Å². The molecule has 3 rings (SSSR count). The molecular formula is C14H13F3O. The largest absolute Gasteiger partial charge is 0.417 e. The van der Waals surface area contributed by atoms with Crippen LogP contribution < -0.4 is 0 Å². The molecule has 0 aromatic heterocycles. The van der Waals surface area contributed by atoms with Crippen molar-refractivity contribution in [3.63, 3.8) is 0 Å². The lowest BCUT2D eigenvalue weighted by molar-refractivity contribution is -0.137. The molecule has 18 heavy (non-hydrogen) atoms. The summed E-state index contributed by atoms with van der Waals surface area (Å²) in [7, 11) is 0. The summed E-state index contributed by atoms with van der Waals surface area (Å²) in [4.78, 5) is 12.2. The van der Waals surface area contributed by atoms with E-state index in [9.17, 15) is 18.0 Å². The average Bonchev–Trinajstić information content (AvgIpc) is 2.94. The standard InChI is InChI=1S/C14H13F3O/c15-14(16,17)12-4-2-1-3-11(12)13(18)10-6-8-5-9(8)7-10/h1-4,8-10H,5-7H2. The number of hydrogen-bond acceptors (Lipinski definition) is 1. The third-order valence-corrected chi connectivity index (χ3v) is 4.11. The SMILES string of the molecule is O=C(c1ccccc1C(F)(F)F)C1CC2CC2C1. The smallest absolute Gasteiger partial charge is 0.294 e. The average molecular weight is 254 g/mol. The number of rotatable bonds is 2. The number of carbonyl (C=O) groups excluding carboxylic acids is 1. The Morgan fingerprint density at radius 1 is 1.06 bits per heavy atom. The first-order chi connectivity index (χ1) is 8.47. The van der Waals surface area contributed by atoms with Gasteiger partial charge in [0.1, 0.15) is 0 Å². The zero-order chi connectivity index (χ0) is 12.9. The van der Waals surface area contributed by atoms with Crippen LogP contribution in [0.1, 0.15) is 35.2 Å². The molecule has 96 valence electrons. The zero-order valence-corrected chi connectivity index (χ0v) is 9.70. The summed E-state index contributed by atoms with van der Waals surface area (Å²) in [5, 5.41) is 0. The Morgan fingerprint density at radius 2 is 1.67 bits per heavy atom. The molecule has 2 aliphatic carbocycles. The second-order valence-corrected chi connectivity index (χ2v) is 5.33. The molecule has 4 heteroatoms. The van der Waals surface area contributed by atoms with E-state index in [-0.39, 0.29) is 17.3 Å². The summed E-state index contributed by atoms with van der Waals surface area (Å²) in [6.45, 7) is 0. The van der Waals surface area contributed by atoms with Gasteiger partial charge in [-0.25, -0.2) is 0 Å². The maximum Gasteiger partial charge on any atom is 0.417 e. The Balaban J connectivity index is 1.89. The Kier molecular flexibility index (Phi) is 2.50. The molecule has 1 nitrogen and oxygen atoms in total. The van der Waals surface area contributed by atoms with Gasteiger partial charge in [0.2, 0.25) is 0 Å². The van der Waals surface area contributed by atoms with Crippen LogP contribution in [-0.2, 0) is 6.18 Å². The van der Waals surface area contributed by atoms with Crippen LogP contribution in [0.2, 0.25) is 0 Å². The summed E-state index contributed by atoms with van der Waals surface area (Å²) in [5.41, 5.74) is -0.952. The number of ketones is 1. The Bertz CT molecular complexity index is 482. The highest BCUT2D eigenvalue weighted by molar-refractivity contribution is 5.99. The van der Waals surface area contributed by atoms with Crippen molar-refractivity contribution in [3.05, 3.63) is 35.4 Å². The molecule has 1 aromatic carbocycles. The number of halogens is 3. The Hall–Kier alpha value is -1.32. The van der Waals surface area contributed by atoms with Crippen LogP contribution in [0.25, 0.3) is 0 Å². The zero-order valence-electron chi connectivity index (χ0n) is 9.70. The number of benzene rings is 1. The van der Waals surface area contributed by atoms with Crippen molar-refractivity contribution in [3.8, 4) is 0 Å². The molecule has 0 radical (unpaired) electrons. The lowest BCUT2D eigenvalue weighted by Gasteiger charge is -2.15. The van der Waals surface area contributed by atoms with Crippen molar-refractivity contribution >= 4 is 5.78 Å². The summed E-state index contributed by atoms with van der Waals surface area (Å²) >= 11 is 0. The van der Waals surface area contributed by atoms with Crippen molar-refractivity contribution in [2.24, 2.45) is 17.8 Å². The second-order valence-electron chi connectivity index (χ2n) is 5.33. The molecule has 0 heterocycles. The number of Topliss-reactive ketones (excluding diaryl/α,β-unsaturated/α-hetero) is 1. The molecule has 2 saturated carbocycles. The first kappa shape index (κ1) is 11.8. The van der Waals surface area contributed by atoms with E-state index >= 15 is 0 Å². The van der Waals surface area contributed by atoms with E-state index in [4.69, 9.17) is 0 Å². The van der Waals surface area contributed by atoms with E-state index in [0.29, 0.717) is 11.8 Å². The van der Waals surface area contributed by atoms with Crippen LogP contribution in [0, 0.1) is 17.8 Å². The minimum atomic E-state index is -4.45. The lowest BCUT2D eigenvalue weighted by atomic mass is 9.90. The normalized spacial score (nSPS) is 30.1. The van der Waals surface area contributed by atoms with Crippen LogP contribution in [0.3, 0.4) is 0 Å². The van der Waals surface area contributed by atoms with Crippen LogP contribution >= 0.6 is 0 Å². The third-order valence-electron chi connectivity index (χ3n) is 4.11. The molecule has 2 fully saturated rings. The summed E-state index contributed by atoms with van der Waals surface area (Å²) in [6, 6.07) is 5.11. The third kappa shape index (κ3) is 1.93. The van der Waals surface area contributed by atoms with Gasteiger partial charge in [-0.3, -0.25) is 4.79 Å². The second kappa shape index (κ2) is 3.84. The first-order valence-electron chi connectivity index (χ1n) is 6.17. The Labute approximate surface area is 103 Å². The van der Waals surface area contributed by atoms with Crippen molar-refractivity contribution in [2.75, 3.05) is 0 Å². The molecule has 2 aliphatic rings. The molecule has 2 atom stereocenters. The predicted molar refractivity (Wildman–Crippen MR) is 60.1 cm³/mol.